The molecule has 2 rings (SSSR count). The van der Waals surface area contributed by atoms with E-state index in [1.807, 2.05) is 0 Å². The second kappa shape index (κ2) is 8.42. The van der Waals surface area contributed by atoms with Gasteiger partial charge in [-0.05, 0) is 18.2 Å². The van der Waals surface area contributed by atoms with Crippen molar-refractivity contribution in [1.82, 2.24) is 10.3 Å². The van der Waals surface area contributed by atoms with Gasteiger partial charge in [-0.1, -0.05) is 18.2 Å². The van der Waals surface area contributed by atoms with E-state index in [-0.39, 0.29) is 24.8 Å². The van der Waals surface area contributed by atoms with E-state index in [4.69, 9.17) is 9.84 Å². The number of amides is 1. The van der Waals surface area contributed by atoms with Gasteiger partial charge in [0.15, 0.2) is 0 Å². The zero-order chi connectivity index (χ0) is 17.4. The van der Waals surface area contributed by atoms with Gasteiger partial charge in [0.1, 0.15) is 11.6 Å². The highest BCUT2D eigenvalue weighted by atomic mass is 19.1. The Morgan fingerprint density at radius 2 is 2.12 bits per heavy atom. The first-order valence-corrected chi connectivity index (χ1v) is 7.08. The van der Waals surface area contributed by atoms with Crippen LogP contribution in [0.1, 0.15) is 12.0 Å². The van der Waals surface area contributed by atoms with E-state index in [0.717, 1.165) is 6.08 Å². The van der Waals surface area contributed by atoms with Crippen LogP contribution in [0.25, 0.3) is 0 Å². The Morgan fingerprint density at radius 3 is 2.88 bits per heavy atom. The average Bonchev–Trinajstić information content (AvgIpc) is 2.54. The summed E-state index contributed by atoms with van der Waals surface area (Å²) in [6.07, 6.45) is 3.63. The van der Waals surface area contributed by atoms with Gasteiger partial charge in [0.05, 0.1) is 0 Å². The molecule has 0 aliphatic heterocycles. The van der Waals surface area contributed by atoms with Crippen molar-refractivity contribution in [2.75, 3.05) is 0 Å². The second-order valence-electron chi connectivity index (χ2n) is 4.75. The number of halogens is 1. The van der Waals surface area contributed by atoms with Crippen LogP contribution < -0.4 is 10.1 Å². The Labute approximate surface area is 137 Å². The van der Waals surface area contributed by atoms with Gasteiger partial charge in [-0.15, -0.1) is 0 Å². The molecule has 0 saturated heterocycles. The maximum atomic E-state index is 13.2. The van der Waals surface area contributed by atoms with Gasteiger partial charge in [0.25, 0.3) is 0 Å². The minimum Gasteiger partial charge on any atom is -0.478 e. The van der Waals surface area contributed by atoms with E-state index < -0.39 is 11.8 Å². The highest BCUT2D eigenvalue weighted by molar-refractivity contribution is 5.82. The second-order valence-corrected chi connectivity index (χ2v) is 4.75. The Bertz CT molecular complexity index is 762. The number of nitrogens with one attached hydrogen (secondary N) is 1. The SMILES string of the molecule is O=C(O)/C=C/CC(=O)NCc1cccnc1Oc1cccc(F)c1. The topological polar surface area (TPSA) is 88.5 Å². The van der Waals surface area contributed by atoms with Crippen LogP contribution in [0.3, 0.4) is 0 Å². The Morgan fingerprint density at radius 1 is 1.29 bits per heavy atom. The van der Waals surface area contributed by atoms with Crippen LogP contribution in [0.2, 0.25) is 0 Å². The molecule has 6 nitrogen and oxygen atoms in total. The van der Waals surface area contributed by atoms with Gasteiger partial charge < -0.3 is 15.2 Å². The van der Waals surface area contributed by atoms with E-state index in [0.29, 0.717) is 11.3 Å². The zero-order valence-electron chi connectivity index (χ0n) is 12.6. The van der Waals surface area contributed by atoms with E-state index in [9.17, 15) is 14.0 Å². The fourth-order valence-corrected chi connectivity index (χ4v) is 1.83. The van der Waals surface area contributed by atoms with Crippen LogP contribution in [0.5, 0.6) is 11.6 Å². The molecule has 1 aromatic heterocycles. The molecule has 0 aliphatic carbocycles. The first-order valence-electron chi connectivity index (χ1n) is 7.08. The molecule has 7 heteroatoms. The number of carboxylic acids is 1. The number of nitrogens with zero attached hydrogens (tertiary/aromatic N) is 1. The number of hydrogen-bond acceptors (Lipinski definition) is 4. The maximum absolute atomic E-state index is 13.2. The Hall–Kier alpha value is -3.22. The number of benzene rings is 1. The van der Waals surface area contributed by atoms with Crippen molar-refractivity contribution in [1.29, 1.82) is 0 Å². The largest absolute Gasteiger partial charge is 0.478 e. The molecule has 0 aliphatic rings. The number of pyridine rings is 1. The average molecular weight is 330 g/mol. The zero-order valence-corrected chi connectivity index (χ0v) is 12.6. The van der Waals surface area contributed by atoms with Crippen molar-refractivity contribution >= 4 is 11.9 Å². The van der Waals surface area contributed by atoms with Crippen LogP contribution in [0, 0.1) is 5.82 Å². The molecule has 0 fully saturated rings. The summed E-state index contributed by atoms with van der Waals surface area (Å²) in [4.78, 5) is 26.1. The summed E-state index contributed by atoms with van der Waals surface area (Å²) in [5.41, 5.74) is 0.609. The molecule has 0 spiro atoms. The molecule has 1 amide bonds. The van der Waals surface area contributed by atoms with Crippen molar-refractivity contribution in [2.24, 2.45) is 0 Å². The van der Waals surface area contributed by atoms with Gasteiger partial charge in [-0.2, -0.15) is 0 Å². The standard InChI is InChI=1S/C17H15FN2O4/c18-13-5-1-6-14(10-13)24-17-12(4-3-9-19-17)11-20-15(21)7-2-8-16(22)23/h1-6,8-10H,7,11H2,(H,20,21)(H,22,23)/b8-2+. The lowest BCUT2D eigenvalue weighted by atomic mass is 10.2. The summed E-state index contributed by atoms with van der Waals surface area (Å²) in [6.45, 7) is 0.151. The third-order valence-corrected chi connectivity index (χ3v) is 2.90. The van der Waals surface area contributed by atoms with Gasteiger partial charge in [-0.25, -0.2) is 14.2 Å². The molecule has 1 heterocycles. The molecule has 0 atom stereocenters. The van der Waals surface area contributed by atoms with E-state index in [2.05, 4.69) is 10.3 Å². The molecular formula is C17H15FN2O4. The summed E-state index contributed by atoms with van der Waals surface area (Å²) >= 11 is 0. The van der Waals surface area contributed by atoms with Crippen LogP contribution in [0.4, 0.5) is 4.39 Å². The first kappa shape index (κ1) is 17.1. The van der Waals surface area contributed by atoms with Gasteiger partial charge in [-0.3, -0.25) is 4.79 Å². The minimum absolute atomic E-state index is 0.0490. The summed E-state index contributed by atoms with van der Waals surface area (Å²) < 4.78 is 18.7. The molecule has 0 unspecified atom stereocenters. The summed E-state index contributed by atoms with van der Waals surface area (Å²) in [5.74, 6) is -1.33. The van der Waals surface area contributed by atoms with Crippen LogP contribution in [-0.2, 0) is 16.1 Å². The number of carboxylic acid groups (broad SMARTS) is 1. The lowest BCUT2D eigenvalue weighted by molar-refractivity contribution is -0.131. The first-order chi connectivity index (χ1) is 11.5. The lowest BCUT2D eigenvalue weighted by Crippen LogP contribution is -2.22. The molecule has 0 saturated carbocycles. The molecule has 0 bridgehead atoms. The van der Waals surface area contributed by atoms with Crippen molar-refractivity contribution in [2.45, 2.75) is 13.0 Å². The van der Waals surface area contributed by atoms with E-state index >= 15 is 0 Å². The molecule has 124 valence electrons. The predicted octanol–water partition coefficient (Wildman–Crippen LogP) is 2.66. The number of aromatic nitrogens is 1. The summed E-state index contributed by atoms with van der Waals surface area (Å²) in [7, 11) is 0. The summed E-state index contributed by atoms with van der Waals surface area (Å²) in [5, 5.41) is 11.1. The molecule has 2 aromatic rings. The van der Waals surface area contributed by atoms with Crippen molar-refractivity contribution < 1.29 is 23.8 Å². The van der Waals surface area contributed by atoms with Crippen molar-refractivity contribution in [3.8, 4) is 11.6 Å². The third-order valence-electron chi connectivity index (χ3n) is 2.90. The fourth-order valence-electron chi connectivity index (χ4n) is 1.83. The van der Waals surface area contributed by atoms with Gasteiger partial charge in [0.2, 0.25) is 11.8 Å². The molecule has 2 N–H and O–H groups in total. The monoisotopic (exact) mass is 330 g/mol. The fraction of sp³-hybridized carbons (Fsp3) is 0.118. The third kappa shape index (κ3) is 5.53. The van der Waals surface area contributed by atoms with Crippen LogP contribution in [0.15, 0.2) is 54.7 Å². The number of hydrogen-bond donors (Lipinski definition) is 2. The quantitative estimate of drug-likeness (QED) is 0.762. The lowest BCUT2D eigenvalue weighted by Gasteiger charge is -2.10. The van der Waals surface area contributed by atoms with Gasteiger partial charge >= 0.3 is 5.97 Å². The maximum Gasteiger partial charge on any atom is 0.327 e. The van der Waals surface area contributed by atoms with Crippen LogP contribution >= 0.6 is 0 Å². The highest BCUT2D eigenvalue weighted by Gasteiger charge is 2.08. The van der Waals surface area contributed by atoms with Crippen LogP contribution in [-0.4, -0.2) is 22.0 Å². The molecule has 0 radical (unpaired) electrons. The number of rotatable bonds is 7. The number of ether oxygens (including phenoxy) is 1. The molecule has 24 heavy (non-hydrogen) atoms. The molecular weight excluding hydrogens is 315 g/mol. The normalized spacial score (nSPS) is 10.5. The predicted molar refractivity (Wildman–Crippen MR) is 84.0 cm³/mol. The van der Waals surface area contributed by atoms with Gasteiger partial charge in [0, 0.05) is 36.9 Å². The smallest absolute Gasteiger partial charge is 0.327 e. The van der Waals surface area contributed by atoms with Crippen molar-refractivity contribution in [3.63, 3.8) is 0 Å². The van der Waals surface area contributed by atoms with Crippen molar-refractivity contribution in [3.05, 3.63) is 66.1 Å². The number of carbonyl (C=O) groups is 2. The van der Waals surface area contributed by atoms with E-state index in [1.54, 1.807) is 18.2 Å². The highest BCUT2D eigenvalue weighted by Crippen LogP contribution is 2.23. The summed E-state index contributed by atoms with van der Waals surface area (Å²) in [6, 6.07) is 9.05. The molecule has 1 aromatic carbocycles. The Kier molecular flexibility index (Phi) is 6.01. The number of aliphatic carboxylic acids is 1. The van der Waals surface area contributed by atoms with E-state index in [1.165, 1.54) is 30.5 Å². The Balaban J connectivity index is 1.98. The minimum atomic E-state index is -1.11. The number of carbonyl (C=O) groups excluding carboxylic acids is 1.